The average Bonchev–Trinajstić information content (AvgIpc) is 3.45. The number of hydrogen-bond donors (Lipinski definition) is 0. The van der Waals surface area contributed by atoms with Crippen LogP contribution in [-0.2, 0) is 4.74 Å². The molecule has 1 fully saturated rings. The molecule has 9 heteroatoms. The minimum atomic E-state index is -0.182. The molecule has 1 aliphatic heterocycles. The van der Waals surface area contributed by atoms with Gasteiger partial charge in [0.15, 0.2) is 0 Å². The van der Waals surface area contributed by atoms with Gasteiger partial charge in [0.25, 0.3) is 5.91 Å². The van der Waals surface area contributed by atoms with Crippen molar-refractivity contribution in [2.24, 2.45) is 0 Å². The zero-order chi connectivity index (χ0) is 20.1. The lowest BCUT2D eigenvalue weighted by Crippen LogP contribution is -2.47. The molecule has 1 aliphatic rings. The maximum atomic E-state index is 12.9. The Balaban J connectivity index is 1.33. The van der Waals surface area contributed by atoms with Gasteiger partial charge in [0.1, 0.15) is 41.7 Å². The molecule has 8 nitrogen and oxygen atoms in total. The van der Waals surface area contributed by atoms with Gasteiger partial charge >= 0.3 is 0 Å². The summed E-state index contributed by atoms with van der Waals surface area (Å²) in [4.78, 5) is 19.3. The first-order valence-electron chi connectivity index (χ1n) is 9.43. The summed E-state index contributed by atoms with van der Waals surface area (Å²) in [5.74, 6) is 1.36. The number of thiophene rings is 1. The maximum Gasteiger partial charge on any atom is 0.267 e. The van der Waals surface area contributed by atoms with Gasteiger partial charge in [0.05, 0.1) is 25.4 Å². The lowest BCUT2D eigenvalue weighted by Gasteiger charge is -2.32. The normalized spacial score (nSPS) is 16.6. The van der Waals surface area contributed by atoms with Crippen molar-refractivity contribution < 1.29 is 19.0 Å². The number of carbonyl (C=O) groups excluding carboxylic acids is 1. The van der Waals surface area contributed by atoms with E-state index in [1.165, 1.54) is 17.7 Å². The molecule has 3 heterocycles. The summed E-state index contributed by atoms with van der Waals surface area (Å²) in [6.07, 6.45) is 2.95. The van der Waals surface area contributed by atoms with Gasteiger partial charge < -0.3 is 19.1 Å². The van der Waals surface area contributed by atoms with Gasteiger partial charge in [-0.05, 0) is 42.6 Å². The van der Waals surface area contributed by atoms with Gasteiger partial charge in [-0.25, -0.2) is 9.67 Å². The quantitative estimate of drug-likeness (QED) is 0.591. The Morgan fingerprint density at radius 1 is 1.28 bits per heavy atom. The third-order valence-corrected chi connectivity index (χ3v) is 5.39. The second-order valence-corrected chi connectivity index (χ2v) is 7.35. The zero-order valence-electron chi connectivity index (χ0n) is 16.1. The van der Waals surface area contributed by atoms with Crippen LogP contribution in [-0.4, -0.2) is 64.6 Å². The molecule has 3 aromatic rings. The zero-order valence-corrected chi connectivity index (χ0v) is 16.9. The molecule has 1 aromatic carbocycles. The van der Waals surface area contributed by atoms with Crippen LogP contribution in [0.4, 0.5) is 0 Å². The van der Waals surface area contributed by atoms with E-state index in [9.17, 15) is 4.79 Å². The van der Waals surface area contributed by atoms with Gasteiger partial charge in [-0.3, -0.25) is 4.79 Å². The van der Waals surface area contributed by atoms with E-state index in [4.69, 9.17) is 14.2 Å². The van der Waals surface area contributed by atoms with Crippen LogP contribution in [0.25, 0.3) is 5.69 Å². The van der Waals surface area contributed by atoms with E-state index in [0.29, 0.717) is 43.5 Å². The fourth-order valence-electron chi connectivity index (χ4n) is 3.10. The fraction of sp³-hybridized carbons (Fsp3) is 0.350. The highest BCUT2D eigenvalue weighted by molar-refractivity contribution is 7.12. The second-order valence-electron chi connectivity index (χ2n) is 6.44. The van der Waals surface area contributed by atoms with E-state index in [0.717, 1.165) is 11.4 Å². The van der Waals surface area contributed by atoms with Crippen molar-refractivity contribution in [2.75, 3.05) is 32.9 Å². The molecule has 1 atom stereocenters. The van der Waals surface area contributed by atoms with Crippen LogP contribution in [0.5, 0.6) is 11.5 Å². The molecule has 0 saturated carbocycles. The minimum Gasteiger partial charge on any atom is -0.492 e. The first-order valence-corrected chi connectivity index (χ1v) is 10.3. The minimum absolute atomic E-state index is 0.0195. The lowest BCUT2D eigenvalue weighted by atomic mass is 10.2. The van der Waals surface area contributed by atoms with E-state index in [1.54, 1.807) is 15.9 Å². The molecular weight excluding hydrogens is 392 g/mol. The van der Waals surface area contributed by atoms with Crippen LogP contribution in [0.1, 0.15) is 16.6 Å². The van der Waals surface area contributed by atoms with Gasteiger partial charge in [-0.2, -0.15) is 5.10 Å². The third-order valence-electron chi connectivity index (χ3n) is 4.51. The number of morpholine rings is 1. The van der Waals surface area contributed by atoms with Crippen LogP contribution >= 0.6 is 11.3 Å². The average molecular weight is 414 g/mol. The summed E-state index contributed by atoms with van der Waals surface area (Å²) in [6, 6.07) is 9.41. The number of rotatable bonds is 7. The smallest absolute Gasteiger partial charge is 0.267 e. The van der Waals surface area contributed by atoms with Crippen molar-refractivity contribution in [2.45, 2.75) is 13.0 Å². The highest BCUT2D eigenvalue weighted by Crippen LogP contribution is 2.27. The molecule has 29 heavy (non-hydrogen) atoms. The van der Waals surface area contributed by atoms with Crippen molar-refractivity contribution >= 4 is 17.2 Å². The van der Waals surface area contributed by atoms with Crippen LogP contribution in [0.2, 0.25) is 0 Å². The SMILES string of the molecule is CCOc1ccsc1C(=O)N1CCOC(COc2ccc(-n3cncn3)cc2)C1. The first kappa shape index (κ1) is 19.4. The van der Waals surface area contributed by atoms with E-state index in [-0.39, 0.29) is 12.0 Å². The van der Waals surface area contributed by atoms with Crippen molar-refractivity contribution in [3.63, 3.8) is 0 Å². The standard InChI is InChI=1S/C20H22N4O4S/c1-2-26-18-7-10-29-19(18)20(25)23-8-9-27-17(11-23)12-28-16-5-3-15(4-6-16)24-14-21-13-22-24/h3-7,10,13-14,17H,2,8-9,11-12H2,1H3. The second kappa shape index (κ2) is 9.06. The monoisotopic (exact) mass is 414 g/mol. The van der Waals surface area contributed by atoms with E-state index >= 15 is 0 Å². The molecule has 2 aromatic heterocycles. The highest BCUT2D eigenvalue weighted by atomic mass is 32.1. The molecule has 0 bridgehead atoms. The number of hydrogen-bond acceptors (Lipinski definition) is 7. The highest BCUT2D eigenvalue weighted by Gasteiger charge is 2.28. The Bertz CT molecular complexity index is 926. The number of amides is 1. The molecule has 0 spiro atoms. The summed E-state index contributed by atoms with van der Waals surface area (Å²) in [5, 5.41) is 5.98. The Labute approximate surface area is 172 Å². The molecule has 1 unspecified atom stereocenters. The number of benzene rings is 1. The number of nitrogens with zero attached hydrogens (tertiary/aromatic N) is 4. The molecule has 1 amide bonds. The number of ether oxygens (including phenoxy) is 3. The van der Waals surface area contributed by atoms with Crippen LogP contribution < -0.4 is 9.47 Å². The van der Waals surface area contributed by atoms with E-state index in [1.807, 2.05) is 42.6 Å². The molecule has 1 saturated heterocycles. The summed E-state index contributed by atoms with van der Waals surface area (Å²) < 4.78 is 18.9. The number of aromatic nitrogens is 3. The molecule has 4 rings (SSSR count). The third kappa shape index (κ3) is 4.57. The maximum absolute atomic E-state index is 12.9. The van der Waals surface area contributed by atoms with Crippen molar-refractivity contribution in [3.05, 3.63) is 53.2 Å². The Kier molecular flexibility index (Phi) is 6.06. The van der Waals surface area contributed by atoms with Crippen molar-refractivity contribution in [3.8, 4) is 17.2 Å². The van der Waals surface area contributed by atoms with Crippen LogP contribution in [0.3, 0.4) is 0 Å². The summed E-state index contributed by atoms with van der Waals surface area (Å²) in [7, 11) is 0. The molecule has 0 aliphatic carbocycles. The summed E-state index contributed by atoms with van der Waals surface area (Å²) in [5.41, 5.74) is 0.904. The van der Waals surface area contributed by atoms with Crippen molar-refractivity contribution in [1.82, 2.24) is 19.7 Å². The predicted octanol–water partition coefficient (Wildman–Crippen LogP) is 2.65. The van der Waals surface area contributed by atoms with Crippen molar-refractivity contribution in [1.29, 1.82) is 0 Å². The Hall–Kier alpha value is -2.91. The molecule has 152 valence electrons. The largest absolute Gasteiger partial charge is 0.492 e. The van der Waals surface area contributed by atoms with Gasteiger partial charge in [0, 0.05) is 6.54 Å². The Morgan fingerprint density at radius 3 is 2.90 bits per heavy atom. The molecular formula is C20H22N4O4S. The van der Waals surface area contributed by atoms with Gasteiger partial charge in [0.2, 0.25) is 0 Å². The summed E-state index contributed by atoms with van der Waals surface area (Å²) in [6.45, 7) is 4.35. The van der Waals surface area contributed by atoms with Gasteiger partial charge in [-0.1, -0.05) is 0 Å². The lowest BCUT2D eigenvalue weighted by molar-refractivity contribution is -0.0400. The topological polar surface area (TPSA) is 78.7 Å². The molecule has 0 N–H and O–H groups in total. The Morgan fingerprint density at radius 2 is 2.14 bits per heavy atom. The van der Waals surface area contributed by atoms with Gasteiger partial charge in [-0.15, -0.1) is 11.3 Å². The molecule has 0 radical (unpaired) electrons. The van der Waals surface area contributed by atoms with E-state index < -0.39 is 0 Å². The first-order chi connectivity index (χ1) is 14.2. The van der Waals surface area contributed by atoms with Crippen LogP contribution in [0, 0.1) is 0 Å². The van der Waals surface area contributed by atoms with E-state index in [2.05, 4.69) is 10.1 Å². The predicted molar refractivity (Wildman–Crippen MR) is 108 cm³/mol. The summed E-state index contributed by atoms with van der Waals surface area (Å²) >= 11 is 1.40. The number of carbonyl (C=O) groups is 1. The fourth-order valence-corrected chi connectivity index (χ4v) is 3.90. The van der Waals surface area contributed by atoms with Crippen LogP contribution in [0.15, 0.2) is 48.4 Å².